The first kappa shape index (κ1) is 14.3. The molecule has 1 aromatic rings. The fourth-order valence-corrected chi connectivity index (χ4v) is 3.44. The molecule has 0 saturated heterocycles. The van der Waals surface area contributed by atoms with Gasteiger partial charge in [-0.25, -0.2) is 0 Å². The van der Waals surface area contributed by atoms with Gasteiger partial charge in [-0.1, -0.05) is 29.3 Å². The fraction of sp³-hybridized carbons (Fsp3) is 0.333. The lowest BCUT2D eigenvalue weighted by Gasteiger charge is -2.38. The summed E-state index contributed by atoms with van der Waals surface area (Å²) >= 11 is 5.99. The summed E-state index contributed by atoms with van der Waals surface area (Å²) < 4.78 is 0. The van der Waals surface area contributed by atoms with E-state index in [4.69, 9.17) is 11.6 Å². The Labute approximate surface area is 129 Å². The van der Waals surface area contributed by atoms with Gasteiger partial charge in [-0.15, -0.1) is 0 Å². The minimum Gasteiger partial charge on any atom is -0.295 e. The summed E-state index contributed by atoms with van der Waals surface area (Å²) in [6.45, 7) is 1.97. The maximum Gasteiger partial charge on any atom is 0.168 e. The number of carbonyl (C=O) groups is 2. The van der Waals surface area contributed by atoms with E-state index in [1.54, 1.807) is 6.08 Å². The SMILES string of the molecule is CC12CCC(=O)C=C1CCC(=Cc1cccc(Cl)c1)C2=O. The average Bonchev–Trinajstić information content (AvgIpc) is 2.45. The van der Waals surface area contributed by atoms with Crippen molar-refractivity contribution in [2.75, 3.05) is 0 Å². The van der Waals surface area contributed by atoms with E-state index in [-0.39, 0.29) is 11.6 Å². The number of allylic oxidation sites excluding steroid dienone is 3. The zero-order valence-corrected chi connectivity index (χ0v) is 12.7. The van der Waals surface area contributed by atoms with Crippen molar-refractivity contribution in [2.45, 2.75) is 32.6 Å². The predicted octanol–water partition coefficient (Wildman–Crippen LogP) is 4.38. The summed E-state index contributed by atoms with van der Waals surface area (Å²) in [4.78, 5) is 24.4. The summed E-state index contributed by atoms with van der Waals surface area (Å²) in [5.74, 6) is 0.310. The van der Waals surface area contributed by atoms with Crippen LogP contribution in [0.1, 0.15) is 38.2 Å². The quantitative estimate of drug-likeness (QED) is 0.721. The van der Waals surface area contributed by atoms with Gasteiger partial charge in [0, 0.05) is 11.4 Å². The molecule has 0 bridgehead atoms. The van der Waals surface area contributed by atoms with E-state index in [0.717, 1.165) is 23.1 Å². The minimum absolute atomic E-state index is 0.151. The molecule has 3 rings (SSSR count). The van der Waals surface area contributed by atoms with Crippen molar-refractivity contribution in [3.05, 3.63) is 52.1 Å². The molecule has 1 aromatic carbocycles. The van der Waals surface area contributed by atoms with Crippen LogP contribution in [0.3, 0.4) is 0 Å². The van der Waals surface area contributed by atoms with Crippen LogP contribution in [-0.2, 0) is 9.59 Å². The zero-order chi connectivity index (χ0) is 15.0. The van der Waals surface area contributed by atoms with Crippen molar-refractivity contribution in [3.8, 4) is 0 Å². The second kappa shape index (κ2) is 5.27. The third kappa shape index (κ3) is 2.60. The maximum atomic E-state index is 12.8. The number of halogens is 1. The first-order chi connectivity index (χ1) is 9.99. The zero-order valence-electron chi connectivity index (χ0n) is 12.0. The van der Waals surface area contributed by atoms with Crippen LogP contribution in [0.4, 0.5) is 0 Å². The molecule has 0 radical (unpaired) electrons. The number of ketones is 2. The summed E-state index contributed by atoms with van der Waals surface area (Å²) in [6, 6.07) is 7.51. The first-order valence-corrected chi connectivity index (χ1v) is 7.62. The second-order valence-electron chi connectivity index (χ2n) is 6.02. The molecule has 0 spiro atoms. The normalized spacial score (nSPS) is 27.5. The van der Waals surface area contributed by atoms with E-state index in [1.807, 2.05) is 37.3 Å². The highest BCUT2D eigenvalue weighted by molar-refractivity contribution is 6.30. The Hall–Kier alpha value is -1.67. The third-order valence-corrected chi connectivity index (χ3v) is 4.80. The summed E-state index contributed by atoms with van der Waals surface area (Å²) in [7, 11) is 0. The van der Waals surface area contributed by atoms with Gasteiger partial charge in [-0.3, -0.25) is 9.59 Å². The van der Waals surface area contributed by atoms with Crippen molar-refractivity contribution in [1.82, 2.24) is 0 Å². The molecule has 0 heterocycles. The van der Waals surface area contributed by atoms with Crippen molar-refractivity contribution in [1.29, 1.82) is 0 Å². The van der Waals surface area contributed by atoms with Crippen molar-refractivity contribution in [2.24, 2.45) is 5.41 Å². The van der Waals surface area contributed by atoms with E-state index >= 15 is 0 Å². The summed E-state index contributed by atoms with van der Waals surface area (Å²) in [6.07, 6.45) is 6.21. The Morgan fingerprint density at radius 1 is 1.19 bits per heavy atom. The first-order valence-electron chi connectivity index (χ1n) is 7.24. The lowest BCUT2D eigenvalue weighted by molar-refractivity contribution is -0.125. The number of hydrogen-bond acceptors (Lipinski definition) is 2. The van der Waals surface area contributed by atoms with Gasteiger partial charge in [0.1, 0.15) is 0 Å². The highest BCUT2D eigenvalue weighted by Crippen LogP contribution is 2.46. The Bertz CT molecular complexity index is 684. The molecule has 1 unspecified atom stereocenters. The van der Waals surface area contributed by atoms with Crippen LogP contribution in [0, 0.1) is 5.41 Å². The number of carbonyl (C=O) groups excluding carboxylic acids is 2. The molecule has 2 aliphatic rings. The standard InChI is InChI=1S/C18H17ClO2/c1-18-8-7-16(20)11-14(18)6-5-13(17(18)21)9-12-3-2-4-15(19)10-12/h2-4,9-11H,5-8H2,1H3. The van der Waals surface area contributed by atoms with Gasteiger partial charge in [0.05, 0.1) is 5.41 Å². The smallest absolute Gasteiger partial charge is 0.168 e. The predicted molar refractivity (Wildman–Crippen MR) is 84.1 cm³/mol. The van der Waals surface area contributed by atoms with Gasteiger partial charge in [-0.2, -0.15) is 0 Å². The van der Waals surface area contributed by atoms with Crippen LogP contribution >= 0.6 is 11.6 Å². The number of fused-ring (bicyclic) bond motifs is 1. The van der Waals surface area contributed by atoms with Crippen LogP contribution < -0.4 is 0 Å². The highest BCUT2D eigenvalue weighted by atomic mass is 35.5. The second-order valence-corrected chi connectivity index (χ2v) is 6.46. The summed E-state index contributed by atoms with van der Waals surface area (Å²) in [5.41, 5.74) is 2.31. The molecule has 3 heteroatoms. The Kier molecular flexibility index (Phi) is 3.58. The van der Waals surface area contributed by atoms with Gasteiger partial charge >= 0.3 is 0 Å². The van der Waals surface area contributed by atoms with Crippen LogP contribution in [-0.4, -0.2) is 11.6 Å². The molecule has 1 atom stereocenters. The van der Waals surface area contributed by atoms with Gasteiger partial charge in [-0.05, 0) is 61.6 Å². The number of Topliss-reactive ketones (excluding diaryl/α,β-unsaturated/α-hetero) is 1. The minimum atomic E-state index is -0.490. The lowest BCUT2D eigenvalue weighted by Crippen LogP contribution is -2.38. The van der Waals surface area contributed by atoms with Crippen molar-refractivity contribution < 1.29 is 9.59 Å². The molecule has 21 heavy (non-hydrogen) atoms. The van der Waals surface area contributed by atoms with E-state index in [0.29, 0.717) is 24.3 Å². The van der Waals surface area contributed by atoms with E-state index in [9.17, 15) is 9.59 Å². The largest absolute Gasteiger partial charge is 0.295 e. The van der Waals surface area contributed by atoms with Gasteiger partial charge in [0.15, 0.2) is 11.6 Å². The van der Waals surface area contributed by atoms with E-state index in [2.05, 4.69) is 0 Å². The third-order valence-electron chi connectivity index (χ3n) is 4.56. The molecule has 2 aliphatic carbocycles. The van der Waals surface area contributed by atoms with Gasteiger partial charge < -0.3 is 0 Å². The average molecular weight is 301 g/mol. The molecule has 1 fully saturated rings. The van der Waals surface area contributed by atoms with E-state index < -0.39 is 5.41 Å². The number of rotatable bonds is 1. The number of benzene rings is 1. The van der Waals surface area contributed by atoms with Crippen LogP contribution in [0.5, 0.6) is 0 Å². The Balaban J connectivity index is 1.96. The summed E-state index contributed by atoms with van der Waals surface area (Å²) in [5, 5.41) is 0.669. The molecule has 1 saturated carbocycles. The molecule has 0 N–H and O–H groups in total. The van der Waals surface area contributed by atoms with Gasteiger partial charge in [0.25, 0.3) is 0 Å². The van der Waals surface area contributed by atoms with Crippen molar-refractivity contribution >= 4 is 29.2 Å². The van der Waals surface area contributed by atoms with E-state index in [1.165, 1.54) is 0 Å². The molecule has 2 nitrogen and oxygen atoms in total. The highest BCUT2D eigenvalue weighted by Gasteiger charge is 2.43. The monoisotopic (exact) mass is 300 g/mol. The topological polar surface area (TPSA) is 34.1 Å². The maximum absolute atomic E-state index is 12.8. The number of hydrogen-bond donors (Lipinski definition) is 0. The molecule has 0 aliphatic heterocycles. The van der Waals surface area contributed by atoms with Crippen molar-refractivity contribution in [3.63, 3.8) is 0 Å². The molecule has 108 valence electrons. The fourth-order valence-electron chi connectivity index (χ4n) is 3.24. The van der Waals surface area contributed by atoms with Crippen LogP contribution in [0.25, 0.3) is 6.08 Å². The molecular formula is C18H17ClO2. The van der Waals surface area contributed by atoms with Crippen LogP contribution in [0.2, 0.25) is 5.02 Å². The van der Waals surface area contributed by atoms with Gasteiger partial charge in [0.2, 0.25) is 0 Å². The molecule has 0 amide bonds. The molecule has 0 aromatic heterocycles. The molecular weight excluding hydrogens is 284 g/mol. The Morgan fingerprint density at radius 3 is 2.76 bits per heavy atom. The lowest BCUT2D eigenvalue weighted by atomic mass is 9.63. The Morgan fingerprint density at radius 2 is 2.00 bits per heavy atom. The van der Waals surface area contributed by atoms with Crippen LogP contribution in [0.15, 0.2) is 41.5 Å².